The Kier molecular flexibility index (Phi) is 5.98. The summed E-state index contributed by atoms with van der Waals surface area (Å²) in [4.78, 5) is 2.21. The van der Waals surface area contributed by atoms with E-state index in [0.29, 0.717) is 6.54 Å². The minimum atomic E-state index is 0.108. The van der Waals surface area contributed by atoms with Gasteiger partial charge in [-0.2, -0.15) is 0 Å². The third-order valence-corrected chi connectivity index (χ3v) is 2.95. The predicted molar refractivity (Wildman–Crippen MR) is 70.3 cm³/mol. The number of likely N-dealkylation sites (N-methyl/N-ethyl adjacent to an activating group) is 1. The highest BCUT2D eigenvalue weighted by Crippen LogP contribution is 2.13. The Balaban J connectivity index is 2.47. The maximum atomic E-state index is 5.59. The summed E-state index contributed by atoms with van der Waals surface area (Å²) in [5, 5.41) is 0. The first-order chi connectivity index (χ1) is 7.65. The van der Waals surface area contributed by atoms with Gasteiger partial charge in [0.15, 0.2) is 0 Å². The van der Waals surface area contributed by atoms with Gasteiger partial charge in [0.05, 0.1) is 6.10 Å². The molecule has 0 bridgehead atoms. The van der Waals surface area contributed by atoms with Gasteiger partial charge in [0.1, 0.15) is 0 Å². The fourth-order valence-electron chi connectivity index (χ4n) is 1.60. The third-order valence-electron chi connectivity index (χ3n) is 2.45. The van der Waals surface area contributed by atoms with Crippen molar-refractivity contribution < 1.29 is 4.74 Å². The quantitative estimate of drug-likeness (QED) is 0.868. The molecule has 90 valence electrons. The molecule has 0 fully saturated rings. The molecule has 1 unspecified atom stereocenters. The van der Waals surface area contributed by atoms with E-state index in [-0.39, 0.29) is 6.10 Å². The summed E-state index contributed by atoms with van der Waals surface area (Å²) >= 11 is 3.47. The molecule has 0 aliphatic rings. The zero-order valence-corrected chi connectivity index (χ0v) is 11.4. The third kappa shape index (κ3) is 4.61. The Morgan fingerprint density at radius 2 is 2.25 bits per heavy atom. The Morgan fingerprint density at radius 3 is 2.81 bits per heavy atom. The van der Waals surface area contributed by atoms with Crippen molar-refractivity contribution in [3.8, 4) is 0 Å². The summed E-state index contributed by atoms with van der Waals surface area (Å²) in [5.41, 5.74) is 6.87. The molecule has 4 heteroatoms. The molecule has 0 aromatic heterocycles. The number of rotatable bonds is 6. The van der Waals surface area contributed by atoms with Gasteiger partial charge in [0.25, 0.3) is 0 Å². The van der Waals surface area contributed by atoms with Gasteiger partial charge >= 0.3 is 0 Å². The van der Waals surface area contributed by atoms with Crippen LogP contribution < -0.4 is 5.73 Å². The summed E-state index contributed by atoms with van der Waals surface area (Å²) in [7, 11) is 3.77. The SMILES string of the molecule is COC(CN)CN(C)Cc1cccc(Br)c1. The first kappa shape index (κ1) is 13.6. The Bertz CT molecular complexity index is 316. The molecule has 1 atom stereocenters. The molecule has 0 radical (unpaired) electrons. The van der Waals surface area contributed by atoms with Gasteiger partial charge in [0.2, 0.25) is 0 Å². The van der Waals surface area contributed by atoms with E-state index in [1.54, 1.807) is 7.11 Å². The standard InChI is InChI=1S/C12H19BrN2O/c1-15(9-12(7-14)16-2)8-10-4-3-5-11(13)6-10/h3-6,12H,7-9,14H2,1-2H3. The average Bonchev–Trinajstić information content (AvgIpc) is 2.26. The van der Waals surface area contributed by atoms with Gasteiger partial charge in [-0.1, -0.05) is 28.1 Å². The molecule has 0 saturated heterocycles. The smallest absolute Gasteiger partial charge is 0.0820 e. The van der Waals surface area contributed by atoms with Gasteiger partial charge in [-0.15, -0.1) is 0 Å². The minimum Gasteiger partial charge on any atom is -0.379 e. The molecular weight excluding hydrogens is 268 g/mol. The summed E-state index contributed by atoms with van der Waals surface area (Å²) in [6, 6.07) is 8.32. The van der Waals surface area contributed by atoms with E-state index in [2.05, 4.69) is 40.0 Å². The van der Waals surface area contributed by atoms with E-state index in [9.17, 15) is 0 Å². The number of hydrogen-bond donors (Lipinski definition) is 1. The van der Waals surface area contributed by atoms with E-state index >= 15 is 0 Å². The largest absolute Gasteiger partial charge is 0.379 e. The molecule has 1 rings (SSSR count). The van der Waals surface area contributed by atoms with E-state index in [4.69, 9.17) is 10.5 Å². The molecule has 2 N–H and O–H groups in total. The lowest BCUT2D eigenvalue weighted by atomic mass is 10.2. The molecule has 16 heavy (non-hydrogen) atoms. The van der Waals surface area contributed by atoms with Crippen LogP contribution in [-0.4, -0.2) is 38.3 Å². The number of ether oxygens (including phenoxy) is 1. The van der Waals surface area contributed by atoms with Gasteiger partial charge in [-0.25, -0.2) is 0 Å². The zero-order valence-electron chi connectivity index (χ0n) is 9.82. The number of hydrogen-bond acceptors (Lipinski definition) is 3. The summed E-state index contributed by atoms with van der Waals surface area (Å²) < 4.78 is 6.37. The van der Waals surface area contributed by atoms with Crippen LogP contribution in [0.2, 0.25) is 0 Å². The highest BCUT2D eigenvalue weighted by Gasteiger charge is 2.08. The van der Waals surface area contributed by atoms with Crippen molar-refractivity contribution in [1.29, 1.82) is 0 Å². The molecule has 0 saturated carbocycles. The Morgan fingerprint density at radius 1 is 1.50 bits per heavy atom. The van der Waals surface area contributed by atoms with Crippen LogP contribution in [0.3, 0.4) is 0 Å². The van der Waals surface area contributed by atoms with Crippen LogP contribution in [0, 0.1) is 0 Å². The van der Waals surface area contributed by atoms with Gasteiger partial charge in [0, 0.05) is 31.2 Å². The lowest BCUT2D eigenvalue weighted by Crippen LogP contribution is -2.35. The molecule has 0 aliphatic heterocycles. The topological polar surface area (TPSA) is 38.5 Å². The van der Waals surface area contributed by atoms with Crippen molar-refractivity contribution in [2.75, 3.05) is 27.2 Å². The van der Waals surface area contributed by atoms with Crippen molar-refractivity contribution in [3.63, 3.8) is 0 Å². The highest BCUT2D eigenvalue weighted by molar-refractivity contribution is 9.10. The summed E-state index contributed by atoms with van der Waals surface area (Å²) in [6.45, 7) is 2.30. The van der Waals surface area contributed by atoms with Crippen molar-refractivity contribution in [3.05, 3.63) is 34.3 Å². The fourth-order valence-corrected chi connectivity index (χ4v) is 2.05. The van der Waals surface area contributed by atoms with Crippen LogP contribution in [0.1, 0.15) is 5.56 Å². The second-order valence-electron chi connectivity index (χ2n) is 3.92. The normalized spacial score (nSPS) is 13.1. The Labute approximate surface area is 106 Å². The second kappa shape index (κ2) is 7.01. The maximum Gasteiger partial charge on any atom is 0.0820 e. The number of halogens is 1. The van der Waals surface area contributed by atoms with Crippen LogP contribution >= 0.6 is 15.9 Å². The average molecular weight is 287 g/mol. The van der Waals surface area contributed by atoms with Gasteiger partial charge in [-0.05, 0) is 24.7 Å². The predicted octanol–water partition coefficient (Wildman–Crippen LogP) is 1.85. The van der Waals surface area contributed by atoms with E-state index in [0.717, 1.165) is 17.6 Å². The summed E-state index contributed by atoms with van der Waals surface area (Å²) in [6.07, 6.45) is 0.108. The van der Waals surface area contributed by atoms with E-state index < -0.39 is 0 Å². The van der Waals surface area contributed by atoms with E-state index in [1.807, 2.05) is 12.1 Å². The first-order valence-corrected chi connectivity index (χ1v) is 6.11. The summed E-state index contributed by atoms with van der Waals surface area (Å²) in [5.74, 6) is 0. The molecule has 0 heterocycles. The van der Waals surface area contributed by atoms with Crippen molar-refractivity contribution in [2.45, 2.75) is 12.6 Å². The van der Waals surface area contributed by atoms with Crippen molar-refractivity contribution >= 4 is 15.9 Å². The first-order valence-electron chi connectivity index (χ1n) is 5.31. The van der Waals surface area contributed by atoms with Crippen LogP contribution in [0.25, 0.3) is 0 Å². The highest BCUT2D eigenvalue weighted by atomic mass is 79.9. The fraction of sp³-hybridized carbons (Fsp3) is 0.500. The van der Waals surface area contributed by atoms with Crippen LogP contribution in [0.5, 0.6) is 0 Å². The van der Waals surface area contributed by atoms with Crippen LogP contribution in [-0.2, 0) is 11.3 Å². The second-order valence-corrected chi connectivity index (χ2v) is 4.84. The number of nitrogens with zero attached hydrogens (tertiary/aromatic N) is 1. The molecular formula is C12H19BrN2O. The lowest BCUT2D eigenvalue weighted by molar-refractivity contribution is 0.0761. The molecule has 0 amide bonds. The minimum absolute atomic E-state index is 0.108. The molecule has 3 nitrogen and oxygen atoms in total. The Hall–Kier alpha value is -0.420. The monoisotopic (exact) mass is 286 g/mol. The van der Waals surface area contributed by atoms with Gasteiger partial charge in [-0.3, -0.25) is 4.90 Å². The van der Waals surface area contributed by atoms with Crippen LogP contribution in [0.4, 0.5) is 0 Å². The number of methoxy groups -OCH3 is 1. The maximum absolute atomic E-state index is 5.59. The molecule has 1 aromatic rings. The zero-order chi connectivity index (χ0) is 12.0. The molecule has 1 aromatic carbocycles. The molecule has 0 aliphatic carbocycles. The van der Waals surface area contributed by atoms with Crippen molar-refractivity contribution in [2.24, 2.45) is 5.73 Å². The van der Waals surface area contributed by atoms with Crippen LogP contribution in [0.15, 0.2) is 28.7 Å². The lowest BCUT2D eigenvalue weighted by Gasteiger charge is -2.22. The van der Waals surface area contributed by atoms with E-state index in [1.165, 1.54) is 5.56 Å². The number of benzene rings is 1. The van der Waals surface area contributed by atoms with Gasteiger partial charge < -0.3 is 10.5 Å². The number of nitrogens with two attached hydrogens (primary N) is 1. The molecule has 0 spiro atoms. The van der Waals surface area contributed by atoms with Crippen molar-refractivity contribution in [1.82, 2.24) is 4.90 Å².